The Kier molecular flexibility index (Phi) is 4.25. The van der Waals surface area contributed by atoms with E-state index in [9.17, 15) is 8.42 Å². The Labute approximate surface area is 125 Å². The summed E-state index contributed by atoms with van der Waals surface area (Å²) >= 11 is 6.01. The fourth-order valence-corrected chi connectivity index (χ4v) is 4.17. The molecule has 0 aromatic carbocycles. The molecule has 1 aromatic heterocycles. The van der Waals surface area contributed by atoms with Crippen LogP contribution >= 0.6 is 11.6 Å². The van der Waals surface area contributed by atoms with Crippen molar-refractivity contribution in [3.05, 3.63) is 17.0 Å². The van der Waals surface area contributed by atoms with Crippen molar-refractivity contribution in [2.24, 2.45) is 5.92 Å². The molecule has 2 rings (SSSR count). The minimum atomic E-state index is -2.84. The Bertz CT molecular complexity index is 596. The molecule has 0 radical (unpaired) electrons. The van der Waals surface area contributed by atoms with Crippen molar-refractivity contribution in [1.29, 1.82) is 0 Å². The number of anilines is 1. The summed E-state index contributed by atoms with van der Waals surface area (Å²) in [5.41, 5.74) is -0.183. The number of aromatic nitrogens is 2. The minimum absolute atomic E-state index is 0.145. The van der Waals surface area contributed by atoms with Crippen LogP contribution in [0.5, 0.6) is 0 Å². The zero-order valence-electron chi connectivity index (χ0n) is 12.0. The van der Waals surface area contributed by atoms with Crippen molar-refractivity contribution in [3.63, 3.8) is 0 Å². The molecule has 0 saturated carbocycles. The fraction of sp³-hybridized carbons (Fsp3) is 0.692. The molecule has 1 N–H and O–H groups in total. The van der Waals surface area contributed by atoms with Gasteiger partial charge in [-0.3, -0.25) is 0 Å². The average Bonchev–Trinajstić information content (AvgIpc) is 2.64. The second-order valence-electron chi connectivity index (χ2n) is 6.30. The third-order valence-corrected chi connectivity index (χ3v) is 5.29. The fourth-order valence-electron chi connectivity index (χ4n) is 2.13. The first-order chi connectivity index (χ1) is 9.16. The third kappa shape index (κ3) is 4.06. The molecule has 1 unspecified atom stereocenters. The number of sulfone groups is 1. The van der Waals surface area contributed by atoms with Gasteiger partial charge in [0.25, 0.3) is 0 Å². The van der Waals surface area contributed by atoms with Crippen LogP contribution in [0, 0.1) is 5.92 Å². The molecular formula is C13H20ClN3O2S. The maximum absolute atomic E-state index is 11.4. The zero-order chi connectivity index (χ0) is 15.0. The van der Waals surface area contributed by atoms with E-state index >= 15 is 0 Å². The molecule has 0 spiro atoms. The lowest BCUT2D eigenvalue weighted by molar-refractivity contribution is 0.545. The molecule has 1 aliphatic rings. The summed E-state index contributed by atoms with van der Waals surface area (Å²) in [5.74, 6) is 2.01. The molecule has 0 bridgehead atoms. The number of rotatable bonds is 3. The molecule has 2 heterocycles. The van der Waals surface area contributed by atoms with Crippen molar-refractivity contribution in [2.45, 2.75) is 32.6 Å². The van der Waals surface area contributed by atoms with Crippen LogP contribution in [0.2, 0.25) is 5.15 Å². The molecule has 0 aliphatic carbocycles. The molecule has 1 saturated heterocycles. The largest absolute Gasteiger partial charge is 0.370 e. The van der Waals surface area contributed by atoms with E-state index in [4.69, 9.17) is 11.6 Å². The van der Waals surface area contributed by atoms with Gasteiger partial charge < -0.3 is 5.32 Å². The van der Waals surface area contributed by atoms with Gasteiger partial charge in [0.1, 0.15) is 16.8 Å². The molecule has 1 fully saturated rings. The van der Waals surface area contributed by atoms with E-state index in [1.807, 2.05) is 20.8 Å². The highest BCUT2D eigenvalue weighted by Gasteiger charge is 2.27. The van der Waals surface area contributed by atoms with Crippen LogP contribution < -0.4 is 5.32 Å². The monoisotopic (exact) mass is 317 g/mol. The maximum Gasteiger partial charge on any atom is 0.150 e. The van der Waals surface area contributed by atoms with E-state index in [-0.39, 0.29) is 22.8 Å². The highest BCUT2D eigenvalue weighted by atomic mass is 35.5. The molecule has 1 aromatic rings. The summed E-state index contributed by atoms with van der Waals surface area (Å²) in [7, 11) is -2.84. The average molecular weight is 318 g/mol. The van der Waals surface area contributed by atoms with E-state index in [1.54, 1.807) is 6.07 Å². The summed E-state index contributed by atoms with van der Waals surface area (Å²) in [4.78, 5) is 8.67. The van der Waals surface area contributed by atoms with Crippen LogP contribution in [0.25, 0.3) is 0 Å². The highest BCUT2D eigenvalue weighted by Crippen LogP contribution is 2.23. The van der Waals surface area contributed by atoms with Crippen LogP contribution in [-0.2, 0) is 15.3 Å². The van der Waals surface area contributed by atoms with Crippen LogP contribution in [0.4, 0.5) is 5.82 Å². The zero-order valence-corrected chi connectivity index (χ0v) is 13.6. The lowest BCUT2D eigenvalue weighted by atomic mass is 9.96. The predicted molar refractivity (Wildman–Crippen MR) is 81.0 cm³/mol. The van der Waals surface area contributed by atoms with Crippen molar-refractivity contribution in [3.8, 4) is 0 Å². The maximum atomic E-state index is 11.4. The number of hydrogen-bond acceptors (Lipinski definition) is 5. The van der Waals surface area contributed by atoms with Crippen molar-refractivity contribution >= 4 is 27.3 Å². The summed E-state index contributed by atoms with van der Waals surface area (Å²) in [5, 5.41) is 3.57. The minimum Gasteiger partial charge on any atom is -0.370 e. The van der Waals surface area contributed by atoms with E-state index in [2.05, 4.69) is 15.3 Å². The van der Waals surface area contributed by atoms with Gasteiger partial charge in [0, 0.05) is 18.0 Å². The van der Waals surface area contributed by atoms with Gasteiger partial charge in [0.05, 0.1) is 11.5 Å². The summed E-state index contributed by atoms with van der Waals surface area (Å²) in [6.45, 7) is 6.65. The Balaban J connectivity index is 2.05. The Morgan fingerprint density at radius 2 is 2.10 bits per heavy atom. The van der Waals surface area contributed by atoms with Gasteiger partial charge >= 0.3 is 0 Å². The summed E-state index contributed by atoms with van der Waals surface area (Å²) in [6.07, 6.45) is 0.709. The number of halogens is 1. The quantitative estimate of drug-likeness (QED) is 0.866. The molecule has 1 atom stereocenters. The number of nitrogens with zero attached hydrogens (tertiary/aromatic N) is 2. The van der Waals surface area contributed by atoms with Gasteiger partial charge in [-0.2, -0.15) is 0 Å². The van der Waals surface area contributed by atoms with Crippen LogP contribution in [0.15, 0.2) is 6.07 Å². The van der Waals surface area contributed by atoms with E-state index in [1.165, 1.54) is 0 Å². The van der Waals surface area contributed by atoms with E-state index in [0.717, 1.165) is 0 Å². The second kappa shape index (κ2) is 5.48. The van der Waals surface area contributed by atoms with Crippen LogP contribution in [0.3, 0.4) is 0 Å². The van der Waals surface area contributed by atoms with E-state index < -0.39 is 9.84 Å². The first kappa shape index (κ1) is 15.5. The van der Waals surface area contributed by atoms with Crippen LogP contribution in [-0.4, -0.2) is 36.4 Å². The number of nitrogens with one attached hydrogen (secondary N) is 1. The van der Waals surface area contributed by atoms with Gasteiger partial charge in [0.2, 0.25) is 0 Å². The van der Waals surface area contributed by atoms with Gasteiger partial charge in [-0.15, -0.1) is 0 Å². The Morgan fingerprint density at radius 1 is 1.40 bits per heavy atom. The van der Waals surface area contributed by atoms with E-state index in [0.29, 0.717) is 29.8 Å². The van der Waals surface area contributed by atoms with Gasteiger partial charge in [0.15, 0.2) is 9.84 Å². The molecule has 1 aliphatic heterocycles. The standard InChI is InChI=1S/C13H20ClN3O2S/c1-13(2,3)12-16-10(14)6-11(17-12)15-7-9-4-5-20(18,19)8-9/h6,9H,4-5,7-8H2,1-3H3,(H,15,16,17). The molecule has 20 heavy (non-hydrogen) atoms. The molecule has 7 heteroatoms. The first-order valence-electron chi connectivity index (χ1n) is 6.65. The Morgan fingerprint density at radius 3 is 2.65 bits per heavy atom. The molecular weight excluding hydrogens is 298 g/mol. The first-order valence-corrected chi connectivity index (χ1v) is 8.85. The van der Waals surface area contributed by atoms with Crippen molar-refractivity contribution in [2.75, 3.05) is 23.4 Å². The third-order valence-electron chi connectivity index (χ3n) is 3.26. The van der Waals surface area contributed by atoms with Gasteiger partial charge in [-0.05, 0) is 12.3 Å². The molecule has 0 amide bonds. The normalized spacial score (nSPS) is 21.9. The lowest BCUT2D eigenvalue weighted by Gasteiger charge is -2.18. The molecule has 5 nitrogen and oxygen atoms in total. The highest BCUT2D eigenvalue weighted by molar-refractivity contribution is 7.91. The van der Waals surface area contributed by atoms with Gasteiger partial charge in [-0.25, -0.2) is 18.4 Å². The SMILES string of the molecule is CC(C)(C)c1nc(Cl)cc(NCC2CCS(=O)(=O)C2)n1. The Hall–Kier alpha value is -0.880. The number of hydrogen-bond donors (Lipinski definition) is 1. The lowest BCUT2D eigenvalue weighted by Crippen LogP contribution is -2.20. The predicted octanol–water partition coefficient (Wildman–Crippen LogP) is 2.27. The summed E-state index contributed by atoms with van der Waals surface area (Å²) in [6, 6.07) is 1.67. The topological polar surface area (TPSA) is 72.0 Å². The van der Waals surface area contributed by atoms with Crippen molar-refractivity contribution in [1.82, 2.24) is 9.97 Å². The van der Waals surface area contributed by atoms with Gasteiger partial charge in [-0.1, -0.05) is 32.4 Å². The second-order valence-corrected chi connectivity index (χ2v) is 8.92. The van der Waals surface area contributed by atoms with Crippen LogP contribution in [0.1, 0.15) is 33.0 Å². The smallest absolute Gasteiger partial charge is 0.150 e. The van der Waals surface area contributed by atoms with Crippen molar-refractivity contribution < 1.29 is 8.42 Å². The molecule has 112 valence electrons. The summed E-state index contributed by atoms with van der Waals surface area (Å²) < 4.78 is 22.8.